The van der Waals surface area contributed by atoms with Crippen molar-refractivity contribution in [3.63, 3.8) is 0 Å². The minimum Gasteiger partial charge on any atom is -0.870 e. The molecule has 5 aliphatic rings. The first-order valence-corrected chi connectivity index (χ1v) is 15.5. The van der Waals surface area contributed by atoms with Gasteiger partial charge in [0.1, 0.15) is 6.10 Å². The van der Waals surface area contributed by atoms with E-state index in [4.69, 9.17) is 4.74 Å². The van der Waals surface area contributed by atoms with Gasteiger partial charge in [0.15, 0.2) is 5.78 Å². The topological polar surface area (TPSA) is 131 Å². The molecule has 0 heterocycles. The number of ketones is 1. The van der Waals surface area contributed by atoms with Crippen LogP contribution < -0.4 is 64.2 Å². The second kappa shape index (κ2) is 12.9. The van der Waals surface area contributed by atoms with Crippen molar-refractivity contribution in [2.45, 2.75) is 125 Å². The maximum atomic E-state index is 14.4. The van der Waals surface area contributed by atoms with Crippen LogP contribution in [0, 0.1) is 50.2 Å². The van der Waals surface area contributed by atoms with Crippen LogP contribution in [0.1, 0.15) is 119 Å². The van der Waals surface area contributed by atoms with Gasteiger partial charge in [0.25, 0.3) is 0 Å². The standard InChI is InChI=1S/C34H49O6.2Na.H2O/c1-29(2)24-10-13-34(7)27(32(24,5)12-11-25(29)40-26(37)9-8-18-35)23(36)19-21-22-20-31(4,28(38)39)15-14-30(22,3)16-17-33(21,34)6;;;/h19,22,24-25,27H,8-17,20H2,1-7H3,(H,38,39);;;1H2/q-1;2*+1;/p-2/t22-,24?,25+,27-,30-,31?,32+,33-,34-;;;/m0.../s1. The van der Waals surface area contributed by atoms with E-state index in [9.17, 15) is 24.3 Å². The summed E-state index contributed by atoms with van der Waals surface area (Å²) in [5.41, 5.74) is -0.584. The van der Waals surface area contributed by atoms with Gasteiger partial charge in [-0.05, 0) is 97.4 Å². The van der Waals surface area contributed by atoms with Crippen molar-refractivity contribution in [1.82, 2.24) is 0 Å². The molecule has 43 heavy (non-hydrogen) atoms. The van der Waals surface area contributed by atoms with Crippen LogP contribution in [0.2, 0.25) is 0 Å². The molecular formula is C34H49Na2O7-. The molecule has 5 rings (SSSR count). The van der Waals surface area contributed by atoms with E-state index in [0.717, 1.165) is 38.5 Å². The summed E-state index contributed by atoms with van der Waals surface area (Å²) in [6.07, 6.45) is 11.1. The number of fused-ring (bicyclic) bond motifs is 7. The fourth-order valence-corrected chi connectivity index (χ4v) is 10.9. The monoisotopic (exact) mass is 615 g/mol. The van der Waals surface area contributed by atoms with Crippen molar-refractivity contribution in [2.75, 3.05) is 0 Å². The quantitative estimate of drug-likeness (QED) is 0.228. The van der Waals surface area contributed by atoms with Crippen LogP contribution in [0.25, 0.3) is 0 Å². The summed E-state index contributed by atoms with van der Waals surface area (Å²) in [4.78, 5) is 49.7. The Hall–Kier alpha value is -0.0200. The van der Waals surface area contributed by atoms with Gasteiger partial charge in [0.05, 0.1) is 0 Å². The molecule has 4 saturated carbocycles. The van der Waals surface area contributed by atoms with Gasteiger partial charge in [-0.3, -0.25) is 15.9 Å². The Balaban J connectivity index is 0.00000215. The van der Waals surface area contributed by atoms with Gasteiger partial charge in [0.2, 0.25) is 0 Å². The number of hydrogen-bond acceptors (Lipinski definition) is 7. The van der Waals surface area contributed by atoms with Crippen LogP contribution in [0.4, 0.5) is 0 Å². The predicted molar refractivity (Wildman–Crippen MR) is 151 cm³/mol. The van der Waals surface area contributed by atoms with E-state index in [1.54, 1.807) is 6.29 Å². The molecule has 230 valence electrons. The molecule has 7 nitrogen and oxygen atoms in total. The number of aliphatic carboxylic acids is 1. The van der Waals surface area contributed by atoms with Gasteiger partial charge in [-0.15, -0.1) is 6.42 Å². The molecular weight excluding hydrogens is 566 g/mol. The van der Waals surface area contributed by atoms with Crippen molar-refractivity contribution in [3.05, 3.63) is 11.6 Å². The maximum absolute atomic E-state index is 14.4. The second-order valence-corrected chi connectivity index (χ2v) is 16.0. The zero-order valence-corrected chi connectivity index (χ0v) is 32.1. The van der Waals surface area contributed by atoms with E-state index in [-0.39, 0.29) is 140 Å². The molecule has 0 aromatic carbocycles. The maximum Gasteiger partial charge on any atom is 1.00 e. The zero-order chi connectivity index (χ0) is 29.5. The third-order valence-corrected chi connectivity index (χ3v) is 13.7. The summed E-state index contributed by atoms with van der Waals surface area (Å²) in [5.74, 6) is -0.944. The van der Waals surface area contributed by atoms with E-state index in [0.29, 0.717) is 19.3 Å². The van der Waals surface area contributed by atoms with E-state index in [1.165, 1.54) is 5.57 Å². The number of hydrogen-bond donors (Lipinski definition) is 0. The fraction of sp³-hybridized carbons (Fsp3) is 0.824. The first-order valence-electron chi connectivity index (χ1n) is 15.5. The van der Waals surface area contributed by atoms with Crippen molar-refractivity contribution >= 4 is 24.0 Å². The molecule has 0 aliphatic heterocycles. The molecule has 1 N–H and O–H groups in total. The van der Waals surface area contributed by atoms with Gasteiger partial charge in [-0.1, -0.05) is 54.0 Å². The third kappa shape index (κ3) is 5.75. The molecule has 9 heteroatoms. The van der Waals surface area contributed by atoms with Crippen molar-refractivity contribution in [2.24, 2.45) is 50.2 Å². The second-order valence-electron chi connectivity index (χ2n) is 16.0. The molecule has 0 bridgehead atoms. The van der Waals surface area contributed by atoms with Gasteiger partial charge in [0, 0.05) is 29.1 Å². The fourth-order valence-electron chi connectivity index (χ4n) is 10.9. The zero-order valence-electron chi connectivity index (χ0n) is 28.1. The molecule has 4 fully saturated rings. The van der Waals surface area contributed by atoms with Crippen LogP contribution in [-0.4, -0.2) is 35.6 Å². The Labute approximate surface area is 302 Å². The number of carbonyl (C=O) groups excluding carboxylic acids is 4. The van der Waals surface area contributed by atoms with Crippen molar-refractivity contribution < 1.29 is 93.6 Å². The smallest absolute Gasteiger partial charge is 0.870 e. The van der Waals surface area contributed by atoms with Crippen LogP contribution in [0.5, 0.6) is 0 Å². The summed E-state index contributed by atoms with van der Waals surface area (Å²) in [6, 6.07) is 0. The molecule has 0 spiro atoms. The largest absolute Gasteiger partial charge is 1.00 e. The average molecular weight is 616 g/mol. The van der Waals surface area contributed by atoms with Crippen LogP contribution in [-0.2, 0) is 23.9 Å². The number of rotatable bonds is 5. The van der Waals surface area contributed by atoms with E-state index in [1.807, 2.05) is 13.0 Å². The Bertz CT molecular complexity index is 1170. The van der Waals surface area contributed by atoms with Gasteiger partial charge >= 0.3 is 65.1 Å². The minimum atomic E-state index is -0.967. The third-order valence-electron chi connectivity index (χ3n) is 13.7. The van der Waals surface area contributed by atoms with Crippen LogP contribution >= 0.6 is 0 Å². The van der Waals surface area contributed by atoms with Gasteiger partial charge in [-0.25, -0.2) is 0 Å². The SMILES string of the molecule is CC1(C(=O)[O-])CC[C@@]2(C)CC[C@@]3(C)C(=CC(=O)[C@@H]4[C@]3(C)CCC3C(C)(C)[C@H](OC(=O)CC[C-]=O)CC[C@]34C)[C@@H]2C1.[Na+].[Na+].[OH-]. The molecule has 9 atom stereocenters. The Morgan fingerprint density at radius 2 is 1.58 bits per heavy atom. The molecule has 0 amide bonds. The molecule has 0 aromatic rings. The molecule has 0 radical (unpaired) electrons. The van der Waals surface area contributed by atoms with Crippen molar-refractivity contribution in [1.29, 1.82) is 0 Å². The number of carbonyl (C=O) groups is 3. The van der Waals surface area contributed by atoms with Gasteiger partial charge < -0.3 is 24.9 Å². The summed E-state index contributed by atoms with van der Waals surface area (Å²) in [6.45, 7) is 15.5. The number of ether oxygens (including phenoxy) is 1. The molecule has 5 aliphatic carbocycles. The summed E-state index contributed by atoms with van der Waals surface area (Å²) < 4.78 is 5.94. The summed E-state index contributed by atoms with van der Waals surface area (Å²) >= 11 is 0. The molecule has 0 saturated heterocycles. The van der Waals surface area contributed by atoms with Gasteiger partial charge in [-0.2, -0.15) is 0 Å². The predicted octanol–water partition coefficient (Wildman–Crippen LogP) is -0.650. The van der Waals surface area contributed by atoms with E-state index in [2.05, 4.69) is 41.5 Å². The summed E-state index contributed by atoms with van der Waals surface area (Å²) in [5, 5.41) is 12.2. The Morgan fingerprint density at radius 1 is 0.953 bits per heavy atom. The normalized spacial score (nSPS) is 44.2. The number of carboxylic acid groups (broad SMARTS) is 1. The Morgan fingerprint density at radius 3 is 2.19 bits per heavy atom. The summed E-state index contributed by atoms with van der Waals surface area (Å²) in [7, 11) is 0. The number of carboxylic acids is 1. The molecule has 2 unspecified atom stereocenters. The molecule has 0 aromatic heterocycles. The van der Waals surface area contributed by atoms with E-state index < -0.39 is 11.4 Å². The Kier molecular flexibility index (Phi) is 11.7. The number of allylic oxidation sites excluding steroid dienone is 2. The average Bonchev–Trinajstić information content (AvgIpc) is 2.86. The minimum absolute atomic E-state index is 0. The van der Waals surface area contributed by atoms with Crippen molar-refractivity contribution in [3.8, 4) is 0 Å². The first kappa shape index (κ1) is 39.2. The van der Waals surface area contributed by atoms with Crippen LogP contribution in [0.3, 0.4) is 0 Å². The van der Waals surface area contributed by atoms with E-state index >= 15 is 0 Å². The number of esters is 1. The first-order chi connectivity index (χ1) is 18.5. The van der Waals surface area contributed by atoms with Crippen LogP contribution in [0.15, 0.2) is 11.6 Å².